The van der Waals surface area contributed by atoms with Crippen LogP contribution in [0.1, 0.15) is 461 Å². The monoisotopic (exact) mass is 1560 g/mol. The summed E-state index contributed by atoms with van der Waals surface area (Å²) in [6.45, 7) is 9.13. The maximum absolute atomic E-state index is 12.7. The molecule has 0 aliphatic heterocycles. The van der Waals surface area contributed by atoms with Crippen LogP contribution in [-0.2, 0) is 45.9 Å². The number of aryl methyl sites for hydroxylation is 4. The Balaban J connectivity index is 0.000000680. The summed E-state index contributed by atoms with van der Waals surface area (Å²) in [5.41, 5.74) is 3.49. The minimum absolute atomic E-state index is 0. The predicted octanol–water partition coefficient (Wildman–Crippen LogP) is 30.3. The summed E-state index contributed by atoms with van der Waals surface area (Å²) in [5, 5.41) is 3.14. The van der Waals surface area contributed by atoms with Crippen molar-refractivity contribution < 1.29 is 25.9 Å². The molecule has 0 saturated heterocycles. The fourth-order valence-electron chi connectivity index (χ4n) is 15.8. The van der Waals surface area contributed by atoms with Crippen LogP contribution in [0.25, 0.3) is 21.5 Å². The van der Waals surface area contributed by atoms with Crippen molar-refractivity contribution in [1.29, 1.82) is 0 Å². The van der Waals surface area contributed by atoms with E-state index in [9.17, 15) is 25.9 Å². The topological polar surface area (TPSA) is 114 Å². The molecule has 101 heavy (non-hydrogen) atoms. The molecule has 4 rings (SSSR count). The first-order chi connectivity index (χ1) is 49.0. The summed E-state index contributed by atoms with van der Waals surface area (Å²) in [6, 6.07) is 19.9. The van der Waals surface area contributed by atoms with Crippen LogP contribution < -0.4 is 0 Å². The molecule has 0 fully saturated rings. The Kier molecular flexibility index (Phi) is 63.5. The van der Waals surface area contributed by atoms with Gasteiger partial charge in [-0.2, -0.15) is 0 Å². The molecule has 0 atom stereocenters. The van der Waals surface area contributed by atoms with Crippen LogP contribution in [0, 0.1) is 0 Å². The molecule has 0 aliphatic carbocycles. The Morgan fingerprint density at radius 3 is 0.535 bits per heavy atom. The maximum atomic E-state index is 12.7. The molecule has 0 aromatic heterocycles. The van der Waals surface area contributed by atoms with Gasteiger partial charge in [-0.15, -0.1) is 0 Å². The molecule has 0 N–H and O–H groups in total. The van der Waals surface area contributed by atoms with Crippen molar-refractivity contribution in [1.82, 2.24) is 0 Å². The minimum atomic E-state index is -4.57. The summed E-state index contributed by atoms with van der Waals surface area (Å²) in [7, 11) is -9.13. The molecule has 0 bridgehead atoms. The average molecular weight is 1560 g/mol. The van der Waals surface area contributed by atoms with Crippen LogP contribution in [-0.4, -0.2) is 74.8 Å². The van der Waals surface area contributed by atoms with Gasteiger partial charge in [0.2, 0.25) is 0 Å². The number of unbranched alkanes of at least 4 members (excludes halogenated alkanes) is 60. The number of rotatable bonds is 70. The molecular formula is C92H158BaO6S2. The normalized spacial score (nSPS) is 11.9. The van der Waals surface area contributed by atoms with E-state index in [0.29, 0.717) is 23.6 Å². The molecule has 0 unspecified atom stereocenters. The van der Waals surface area contributed by atoms with Gasteiger partial charge in [0.05, 0.1) is 9.79 Å². The molecule has 0 radical (unpaired) electrons. The van der Waals surface area contributed by atoms with Crippen LogP contribution in [0.4, 0.5) is 0 Å². The molecule has 0 amide bonds. The Bertz CT molecular complexity index is 2570. The van der Waals surface area contributed by atoms with Gasteiger partial charge in [0.25, 0.3) is 0 Å². The van der Waals surface area contributed by atoms with Gasteiger partial charge in [-0.05, 0) is 84.4 Å². The van der Waals surface area contributed by atoms with E-state index in [1.54, 1.807) is 0 Å². The largest absolute Gasteiger partial charge is 2.00 e. The average Bonchev–Trinajstić information content (AvgIpc) is 0.775. The molecule has 0 saturated carbocycles. The second kappa shape index (κ2) is 67.0. The van der Waals surface area contributed by atoms with Crippen LogP contribution >= 0.6 is 0 Å². The third-order valence-electron chi connectivity index (χ3n) is 22.0. The zero-order valence-corrected chi connectivity index (χ0v) is 72.9. The standard InChI is InChI=1S/2C46H80O3S.Ba/c2*1-3-5-7-9-11-13-15-17-19-21-23-25-27-29-31-33-36-42-38-35-39-43-40-41-44(46(45(42)43)50(47,48)49)37-34-32-30-28-26-24-22-20-18-16-14-12-10-8-6-4-2;/h2*35,38-41H,3-34,36-37H2,1-2H3,(H,47,48,49);/q;;+2/p-2. The molecule has 0 spiro atoms. The zero-order valence-electron chi connectivity index (χ0n) is 66.8. The van der Waals surface area contributed by atoms with E-state index in [2.05, 4.69) is 27.7 Å². The fourth-order valence-corrected chi connectivity index (χ4v) is 17.7. The number of hydrogen-bond acceptors (Lipinski definition) is 6. The van der Waals surface area contributed by atoms with Gasteiger partial charge in [-0.25, -0.2) is 16.8 Å². The summed E-state index contributed by atoms with van der Waals surface area (Å²) >= 11 is 0. The van der Waals surface area contributed by atoms with E-state index in [1.165, 1.54) is 360 Å². The van der Waals surface area contributed by atoms with Gasteiger partial charge in [-0.3, -0.25) is 0 Å². The molecule has 9 heteroatoms. The van der Waals surface area contributed by atoms with E-state index < -0.39 is 20.2 Å². The number of hydrogen-bond donors (Lipinski definition) is 0. The van der Waals surface area contributed by atoms with Gasteiger partial charge in [0.15, 0.2) is 0 Å². The fraction of sp³-hybridized carbons (Fsp3) is 0.783. The van der Waals surface area contributed by atoms with Gasteiger partial charge >= 0.3 is 48.9 Å². The second-order valence-electron chi connectivity index (χ2n) is 31.3. The smallest absolute Gasteiger partial charge is 0.744 e. The van der Waals surface area contributed by atoms with E-state index in [4.69, 9.17) is 0 Å². The van der Waals surface area contributed by atoms with E-state index in [1.807, 2.05) is 60.7 Å². The maximum Gasteiger partial charge on any atom is 2.00 e. The molecule has 4 aromatic carbocycles. The quantitative estimate of drug-likeness (QED) is 0.0247. The predicted molar refractivity (Wildman–Crippen MR) is 443 cm³/mol. The number of benzene rings is 4. The number of fused-ring (bicyclic) bond motifs is 2. The van der Waals surface area contributed by atoms with Crippen molar-refractivity contribution in [3.63, 3.8) is 0 Å². The molecule has 0 heterocycles. The summed E-state index contributed by atoms with van der Waals surface area (Å²) < 4.78 is 76.0. The van der Waals surface area contributed by atoms with Crippen LogP contribution in [0.15, 0.2) is 70.5 Å². The van der Waals surface area contributed by atoms with Gasteiger partial charge in [-0.1, -0.05) is 474 Å². The minimum Gasteiger partial charge on any atom is -0.744 e. The van der Waals surface area contributed by atoms with Crippen molar-refractivity contribution in [2.75, 3.05) is 0 Å². The van der Waals surface area contributed by atoms with Gasteiger partial charge in [0, 0.05) is 10.8 Å². The molecule has 0 aliphatic rings. The second-order valence-corrected chi connectivity index (χ2v) is 33.9. The van der Waals surface area contributed by atoms with Crippen LogP contribution in [0.2, 0.25) is 0 Å². The summed E-state index contributed by atoms with van der Waals surface area (Å²) in [4.78, 5) is 0.117. The van der Waals surface area contributed by atoms with E-state index in [-0.39, 0.29) is 58.7 Å². The molecule has 6 nitrogen and oxygen atoms in total. The Hall–Kier alpha value is -1.21. The van der Waals surface area contributed by atoms with Gasteiger partial charge < -0.3 is 9.11 Å². The third kappa shape index (κ3) is 49.5. The summed E-state index contributed by atoms with van der Waals surface area (Å²) in [5.74, 6) is 0. The third-order valence-corrected chi connectivity index (χ3v) is 24.0. The molecule has 576 valence electrons. The van der Waals surface area contributed by atoms with Crippen molar-refractivity contribution in [3.05, 3.63) is 82.9 Å². The van der Waals surface area contributed by atoms with Crippen LogP contribution in [0.5, 0.6) is 0 Å². The van der Waals surface area contributed by atoms with Crippen molar-refractivity contribution in [2.24, 2.45) is 0 Å². The van der Waals surface area contributed by atoms with Gasteiger partial charge in [0.1, 0.15) is 20.2 Å². The first kappa shape index (κ1) is 95.9. The summed E-state index contributed by atoms with van der Waals surface area (Å²) in [6.07, 6.45) is 87.9. The van der Waals surface area contributed by atoms with Crippen molar-refractivity contribution in [2.45, 2.75) is 474 Å². The molecule has 4 aromatic rings. The first-order valence-electron chi connectivity index (χ1n) is 44.0. The Morgan fingerprint density at radius 1 is 0.208 bits per heavy atom. The Morgan fingerprint density at radius 2 is 0.366 bits per heavy atom. The van der Waals surface area contributed by atoms with E-state index in [0.717, 1.165) is 97.2 Å². The SMILES string of the molecule is CCCCCCCCCCCCCCCCCCc1ccc2cccc(CCCCCCCCCCCCCCCCCC)c2c1S(=O)(=O)[O-].CCCCCCCCCCCCCCCCCCc1ccc2cccc(CCCCCCCCCCCCCCCCCC)c2c1S(=O)(=O)[O-].[Ba+2]. The van der Waals surface area contributed by atoms with E-state index >= 15 is 0 Å². The first-order valence-corrected chi connectivity index (χ1v) is 46.8. The van der Waals surface area contributed by atoms with Crippen molar-refractivity contribution >= 4 is 90.7 Å². The van der Waals surface area contributed by atoms with Crippen LogP contribution in [0.3, 0.4) is 0 Å². The zero-order chi connectivity index (χ0) is 71.9. The van der Waals surface area contributed by atoms with Crippen molar-refractivity contribution in [3.8, 4) is 0 Å². The molecular weight excluding hydrogens is 1400 g/mol. The Labute approximate surface area is 667 Å².